The number of nitrogens with one attached hydrogen (secondary N) is 1. The van der Waals surface area contributed by atoms with Gasteiger partial charge in [-0.15, -0.1) is 0 Å². The van der Waals surface area contributed by atoms with Crippen molar-refractivity contribution in [2.45, 2.75) is 27.3 Å². The summed E-state index contributed by atoms with van der Waals surface area (Å²) in [5, 5.41) is 7.57. The summed E-state index contributed by atoms with van der Waals surface area (Å²) in [6.07, 6.45) is 5.73. The quantitative estimate of drug-likeness (QED) is 0.873. The van der Waals surface area contributed by atoms with Crippen LogP contribution < -0.4 is 5.32 Å². The van der Waals surface area contributed by atoms with Crippen molar-refractivity contribution in [3.8, 4) is 5.82 Å². The molecule has 17 heavy (non-hydrogen) atoms. The first-order valence-electron chi connectivity index (χ1n) is 5.88. The van der Waals surface area contributed by atoms with Crippen molar-refractivity contribution in [3.63, 3.8) is 0 Å². The highest BCUT2D eigenvalue weighted by Gasteiger charge is 2.05. The monoisotopic (exact) mass is 230 g/mol. The van der Waals surface area contributed by atoms with E-state index in [2.05, 4.69) is 35.3 Å². The minimum Gasteiger partial charge on any atom is -0.313 e. The van der Waals surface area contributed by atoms with Gasteiger partial charge in [0.2, 0.25) is 0 Å². The fourth-order valence-electron chi connectivity index (χ4n) is 1.76. The van der Waals surface area contributed by atoms with E-state index in [0.717, 1.165) is 30.0 Å². The van der Waals surface area contributed by atoms with Gasteiger partial charge < -0.3 is 5.32 Å². The average Bonchev–Trinajstić information content (AvgIpc) is 2.73. The average molecular weight is 230 g/mol. The van der Waals surface area contributed by atoms with Gasteiger partial charge in [-0.3, -0.25) is 0 Å². The summed E-state index contributed by atoms with van der Waals surface area (Å²) in [5.74, 6) is 0.901. The fourth-order valence-corrected chi connectivity index (χ4v) is 1.76. The van der Waals surface area contributed by atoms with E-state index in [1.165, 1.54) is 5.56 Å². The Bertz CT molecular complexity index is 502. The van der Waals surface area contributed by atoms with Gasteiger partial charge in [-0.05, 0) is 43.1 Å². The second-order valence-corrected chi connectivity index (χ2v) is 4.23. The maximum absolute atomic E-state index is 4.48. The molecule has 0 amide bonds. The normalized spacial score (nSPS) is 10.8. The molecule has 4 nitrogen and oxygen atoms in total. The van der Waals surface area contributed by atoms with E-state index >= 15 is 0 Å². The molecule has 0 aliphatic heterocycles. The van der Waals surface area contributed by atoms with Gasteiger partial charge in [0.25, 0.3) is 0 Å². The molecule has 0 radical (unpaired) electrons. The number of aromatic nitrogens is 3. The van der Waals surface area contributed by atoms with Crippen LogP contribution in [0.5, 0.6) is 0 Å². The van der Waals surface area contributed by atoms with E-state index in [-0.39, 0.29) is 0 Å². The van der Waals surface area contributed by atoms with E-state index in [9.17, 15) is 0 Å². The lowest BCUT2D eigenvalue weighted by Gasteiger charge is -2.07. The largest absolute Gasteiger partial charge is 0.313 e. The molecule has 0 aromatic carbocycles. The fraction of sp³-hybridized carbons (Fsp3) is 0.385. The van der Waals surface area contributed by atoms with E-state index in [1.807, 2.05) is 30.2 Å². The van der Waals surface area contributed by atoms with Crippen molar-refractivity contribution in [2.75, 3.05) is 6.54 Å². The molecular weight excluding hydrogens is 212 g/mol. The van der Waals surface area contributed by atoms with Crippen LogP contribution in [-0.2, 0) is 6.54 Å². The van der Waals surface area contributed by atoms with Crippen LogP contribution in [0.2, 0.25) is 0 Å². The van der Waals surface area contributed by atoms with Crippen LogP contribution in [-0.4, -0.2) is 21.3 Å². The molecule has 0 fully saturated rings. The minimum atomic E-state index is 0.864. The number of nitrogens with zero attached hydrogens (tertiary/aromatic N) is 3. The van der Waals surface area contributed by atoms with E-state index in [4.69, 9.17) is 0 Å². The Morgan fingerprint density at radius 1 is 1.29 bits per heavy atom. The zero-order chi connectivity index (χ0) is 12.3. The van der Waals surface area contributed by atoms with Gasteiger partial charge in [0.05, 0.1) is 6.20 Å². The van der Waals surface area contributed by atoms with Crippen molar-refractivity contribution in [2.24, 2.45) is 0 Å². The van der Waals surface area contributed by atoms with Gasteiger partial charge in [0.15, 0.2) is 5.82 Å². The molecule has 0 saturated carbocycles. The molecular formula is C13H18N4. The van der Waals surface area contributed by atoms with Crippen molar-refractivity contribution in [1.82, 2.24) is 20.1 Å². The molecule has 0 bridgehead atoms. The Kier molecular flexibility index (Phi) is 3.54. The van der Waals surface area contributed by atoms with Gasteiger partial charge in [0, 0.05) is 18.9 Å². The van der Waals surface area contributed by atoms with Crippen LogP contribution >= 0.6 is 0 Å². The molecule has 0 aliphatic rings. The number of hydrogen-bond acceptors (Lipinski definition) is 3. The first-order valence-corrected chi connectivity index (χ1v) is 5.88. The first kappa shape index (κ1) is 11.8. The Balaban J connectivity index is 2.25. The van der Waals surface area contributed by atoms with Gasteiger partial charge >= 0.3 is 0 Å². The highest BCUT2D eigenvalue weighted by Crippen LogP contribution is 2.12. The second-order valence-electron chi connectivity index (χ2n) is 4.23. The van der Waals surface area contributed by atoms with Crippen molar-refractivity contribution >= 4 is 0 Å². The maximum atomic E-state index is 4.48. The van der Waals surface area contributed by atoms with E-state index < -0.39 is 0 Å². The SMILES string of the molecule is CCNCc1cnc(-n2cc(C)cn2)c(C)c1. The van der Waals surface area contributed by atoms with Crippen LogP contribution in [0.1, 0.15) is 23.6 Å². The lowest BCUT2D eigenvalue weighted by atomic mass is 10.2. The summed E-state index contributed by atoms with van der Waals surface area (Å²) in [6, 6.07) is 2.15. The standard InChI is InChI=1S/C13H18N4/c1-4-14-7-12-5-11(3)13(15-8-12)17-9-10(2)6-16-17/h5-6,8-9,14H,4,7H2,1-3H3. The van der Waals surface area contributed by atoms with Crippen molar-refractivity contribution in [1.29, 1.82) is 0 Å². The number of pyridine rings is 1. The molecule has 90 valence electrons. The Morgan fingerprint density at radius 2 is 2.12 bits per heavy atom. The predicted molar refractivity (Wildman–Crippen MR) is 68.2 cm³/mol. The lowest BCUT2D eigenvalue weighted by Crippen LogP contribution is -2.12. The molecule has 0 spiro atoms. The van der Waals surface area contributed by atoms with Crippen LogP contribution in [0.3, 0.4) is 0 Å². The zero-order valence-corrected chi connectivity index (χ0v) is 10.6. The Labute approximate surface area is 102 Å². The first-order chi connectivity index (χ1) is 8.20. The third-order valence-electron chi connectivity index (χ3n) is 2.62. The summed E-state index contributed by atoms with van der Waals surface area (Å²) in [7, 11) is 0. The van der Waals surface area contributed by atoms with Crippen LogP contribution in [0.15, 0.2) is 24.7 Å². The molecule has 2 heterocycles. The van der Waals surface area contributed by atoms with Crippen LogP contribution in [0, 0.1) is 13.8 Å². The Hall–Kier alpha value is -1.68. The van der Waals surface area contributed by atoms with Gasteiger partial charge in [-0.1, -0.05) is 6.92 Å². The molecule has 0 atom stereocenters. The predicted octanol–water partition coefficient (Wildman–Crippen LogP) is 1.99. The molecule has 0 saturated heterocycles. The molecule has 2 aromatic heterocycles. The topological polar surface area (TPSA) is 42.7 Å². The summed E-state index contributed by atoms with van der Waals surface area (Å²) in [5.41, 5.74) is 3.49. The number of hydrogen-bond donors (Lipinski definition) is 1. The third-order valence-corrected chi connectivity index (χ3v) is 2.62. The van der Waals surface area contributed by atoms with Gasteiger partial charge in [-0.25, -0.2) is 9.67 Å². The van der Waals surface area contributed by atoms with Gasteiger partial charge in [-0.2, -0.15) is 5.10 Å². The van der Waals surface area contributed by atoms with Gasteiger partial charge in [0.1, 0.15) is 0 Å². The molecule has 1 N–H and O–H groups in total. The summed E-state index contributed by atoms with van der Waals surface area (Å²) in [4.78, 5) is 4.48. The summed E-state index contributed by atoms with van der Waals surface area (Å²) in [6.45, 7) is 8.02. The zero-order valence-electron chi connectivity index (χ0n) is 10.6. The maximum Gasteiger partial charge on any atom is 0.156 e. The van der Waals surface area contributed by atoms with E-state index in [0.29, 0.717) is 0 Å². The smallest absolute Gasteiger partial charge is 0.156 e. The highest BCUT2D eigenvalue weighted by molar-refractivity contribution is 5.35. The Morgan fingerprint density at radius 3 is 2.71 bits per heavy atom. The number of rotatable bonds is 4. The minimum absolute atomic E-state index is 0.864. The van der Waals surface area contributed by atoms with Crippen molar-refractivity contribution < 1.29 is 0 Å². The van der Waals surface area contributed by atoms with E-state index in [1.54, 1.807) is 0 Å². The molecule has 2 rings (SSSR count). The summed E-state index contributed by atoms with van der Waals surface area (Å²) >= 11 is 0. The van der Waals surface area contributed by atoms with Crippen LogP contribution in [0.25, 0.3) is 5.82 Å². The molecule has 4 heteroatoms. The molecule has 0 aliphatic carbocycles. The number of aryl methyl sites for hydroxylation is 2. The molecule has 2 aromatic rings. The second kappa shape index (κ2) is 5.10. The summed E-state index contributed by atoms with van der Waals surface area (Å²) < 4.78 is 1.82. The highest BCUT2D eigenvalue weighted by atomic mass is 15.3. The van der Waals surface area contributed by atoms with Crippen molar-refractivity contribution in [3.05, 3.63) is 41.3 Å². The lowest BCUT2D eigenvalue weighted by molar-refractivity contribution is 0.721. The third kappa shape index (κ3) is 2.71. The molecule has 0 unspecified atom stereocenters. The van der Waals surface area contributed by atoms with Crippen LogP contribution in [0.4, 0.5) is 0 Å².